The van der Waals surface area contributed by atoms with E-state index in [1.807, 2.05) is 20.8 Å². The molecule has 1 aliphatic rings. The molecular weight excluding hydrogens is 174 g/mol. The Morgan fingerprint density at radius 3 is 1.79 bits per heavy atom. The Hall–Kier alpha value is -0.0800. The van der Waals surface area contributed by atoms with Gasteiger partial charge >= 0.3 is 0 Å². The van der Waals surface area contributed by atoms with E-state index in [2.05, 4.69) is 17.0 Å². The van der Waals surface area contributed by atoms with Crippen LogP contribution in [0.3, 0.4) is 0 Å². The Labute approximate surface area is 90.4 Å². The molecule has 0 aromatic heterocycles. The van der Waals surface area contributed by atoms with E-state index in [1.165, 1.54) is 32.4 Å². The summed E-state index contributed by atoms with van der Waals surface area (Å²) in [6, 6.07) is 0. The van der Waals surface area contributed by atoms with Crippen LogP contribution >= 0.6 is 0 Å². The molecular formula is C12H29NO. The summed E-state index contributed by atoms with van der Waals surface area (Å²) in [4.78, 5) is 0. The fourth-order valence-electron chi connectivity index (χ4n) is 1.29. The molecule has 88 valence electrons. The molecule has 0 amide bonds. The smallest absolute Gasteiger partial charge is 0.0433 e. The molecule has 0 bridgehead atoms. The van der Waals surface area contributed by atoms with Crippen molar-refractivity contribution in [3.05, 3.63) is 0 Å². The van der Waals surface area contributed by atoms with Crippen molar-refractivity contribution in [2.75, 3.05) is 26.8 Å². The summed E-state index contributed by atoms with van der Waals surface area (Å²) < 4.78 is 4.54. The van der Waals surface area contributed by atoms with Crippen molar-refractivity contribution in [2.24, 2.45) is 5.92 Å². The highest BCUT2D eigenvalue weighted by atomic mass is 16.5. The maximum atomic E-state index is 4.54. The van der Waals surface area contributed by atoms with Crippen LogP contribution in [0.15, 0.2) is 0 Å². The van der Waals surface area contributed by atoms with Crippen molar-refractivity contribution in [3.63, 3.8) is 0 Å². The van der Waals surface area contributed by atoms with Crippen LogP contribution in [-0.2, 0) is 4.74 Å². The summed E-state index contributed by atoms with van der Waals surface area (Å²) in [5.74, 6) is 1.02. The molecule has 1 aliphatic heterocycles. The molecule has 1 N–H and O–H groups in total. The van der Waals surface area contributed by atoms with Gasteiger partial charge in [0.1, 0.15) is 0 Å². The first-order chi connectivity index (χ1) is 6.85. The second-order valence-electron chi connectivity index (χ2n) is 3.18. The molecule has 0 unspecified atom stereocenters. The monoisotopic (exact) mass is 203 g/mol. The predicted molar refractivity (Wildman–Crippen MR) is 64.8 cm³/mol. The molecule has 14 heavy (non-hydrogen) atoms. The molecule has 0 saturated carbocycles. The van der Waals surface area contributed by atoms with Crippen LogP contribution in [0.25, 0.3) is 0 Å². The summed E-state index contributed by atoms with van der Waals surface area (Å²) in [6.07, 6.45) is 4.18. The third-order valence-electron chi connectivity index (χ3n) is 2.32. The van der Waals surface area contributed by atoms with Crippen LogP contribution in [0, 0.1) is 5.92 Å². The van der Waals surface area contributed by atoms with E-state index in [0.717, 1.165) is 12.5 Å². The Kier molecular flexibility index (Phi) is 18.0. The first kappa shape index (κ1) is 16.4. The number of hydrogen-bond acceptors (Lipinski definition) is 2. The molecule has 0 radical (unpaired) electrons. The normalized spacial score (nSPS) is 16.1. The maximum absolute atomic E-state index is 4.54. The lowest BCUT2D eigenvalue weighted by Gasteiger charge is -2.20. The van der Waals surface area contributed by atoms with Crippen LogP contribution in [0.2, 0.25) is 0 Å². The number of nitrogens with one attached hydrogen (secondary N) is 1. The summed E-state index contributed by atoms with van der Waals surface area (Å²) >= 11 is 0. The zero-order chi connectivity index (χ0) is 11.2. The Bertz CT molecular complexity index is 78.4. The summed E-state index contributed by atoms with van der Waals surface area (Å²) in [5, 5.41) is 3.35. The topological polar surface area (TPSA) is 21.3 Å². The summed E-state index contributed by atoms with van der Waals surface area (Å²) in [5.41, 5.74) is 0. The number of ether oxygens (including phenoxy) is 1. The van der Waals surface area contributed by atoms with Gasteiger partial charge in [0, 0.05) is 13.7 Å². The highest BCUT2D eigenvalue weighted by Gasteiger charge is 2.08. The third-order valence-corrected chi connectivity index (χ3v) is 2.32. The van der Waals surface area contributed by atoms with E-state index in [4.69, 9.17) is 0 Å². The fourth-order valence-corrected chi connectivity index (χ4v) is 1.29. The first-order valence-electron chi connectivity index (χ1n) is 6.04. The van der Waals surface area contributed by atoms with Crippen LogP contribution in [0.5, 0.6) is 0 Å². The quantitative estimate of drug-likeness (QED) is 0.744. The van der Waals surface area contributed by atoms with Gasteiger partial charge in [-0.3, -0.25) is 0 Å². The predicted octanol–water partition coefficient (Wildman–Crippen LogP) is 3.07. The lowest BCUT2D eigenvalue weighted by Crippen LogP contribution is -2.27. The van der Waals surface area contributed by atoms with Crippen LogP contribution in [0.4, 0.5) is 0 Å². The standard InChI is InChI=1S/C7H15N.C3H8O.C2H6/c1-2-7-3-5-8-6-4-7;1-3-4-2;1-2/h7-8H,2-6H2,1H3;3H2,1-2H3;1-2H3. The van der Waals surface area contributed by atoms with Crippen LogP contribution in [0.1, 0.15) is 47.0 Å². The van der Waals surface area contributed by atoms with Gasteiger partial charge in [0.2, 0.25) is 0 Å². The van der Waals surface area contributed by atoms with Gasteiger partial charge in [-0.15, -0.1) is 0 Å². The van der Waals surface area contributed by atoms with Crippen molar-refractivity contribution in [1.29, 1.82) is 0 Å². The zero-order valence-electron chi connectivity index (χ0n) is 10.7. The molecule has 1 fully saturated rings. The number of piperidine rings is 1. The molecule has 2 heteroatoms. The minimum atomic E-state index is 0.819. The maximum Gasteiger partial charge on any atom is 0.0433 e. The lowest BCUT2D eigenvalue weighted by atomic mass is 9.96. The number of methoxy groups -OCH3 is 1. The van der Waals surface area contributed by atoms with Crippen molar-refractivity contribution in [1.82, 2.24) is 5.32 Å². The van der Waals surface area contributed by atoms with E-state index in [-0.39, 0.29) is 0 Å². The Balaban J connectivity index is 0. The molecule has 0 spiro atoms. The molecule has 1 saturated heterocycles. The number of hydrogen-bond donors (Lipinski definition) is 1. The van der Waals surface area contributed by atoms with Gasteiger partial charge in [-0.2, -0.15) is 0 Å². The average molecular weight is 203 g/mol. The van der Waals surface area contributed by atoms with Gasteiger partial charge in [0.25, 0.3) is 0 Å². The molecule has 1 rings (SSSR count). The van der Waals surface area contributed by atoms with E-state index in [0.29, 0.717) is 0 Å². The van der Waals surface area contributed by atoms with Crippen molar-refractivity contribution in [2.45, 2.75) is 47.0 Å². The van der Waals surface area contributed by atoms with E-state index in [9.17, 15) is 0 Å². The van der Waals surface area contributed by atoms with Crippen molar-refractivity contribution in [3.8, 4) is 0 Å². The SMILES string of the molecule is CC.CCC1CCNCC1.CCOC. The van der Waals surface area contributed by atoms with Crippen molar-refractivity contribution < 1.29 is 4.74 Å². The first-order valence-corrected chi connectivity index (χ1v) is 6.04. The van der Waals surface area contributed by atoms with Gasteiger partial charge in [0.05, 0.1) is 0 Å². The fraction of sp³-hybridized carbons (Fsp3) is 1.00. The lowest BCUT2D eigenvalue weighted by molar-refractivity contribution is 0.215. The molecule has 2 nitrogen and oxygen atoms in total. The largest absolute Gasteiger partial charge is 0.385 e. The van der Waals surface area contributed by atoms with Gasteiger partial charge < -0.3 is 10.1 Å². The van der Waals surface area contributed by atoms with Crippen LogP contribution in [-0.4, -0.2) is 26.8 Å². The minimum absolute atomic E-state index is 0.819. The van der Waals surface area contributed by atoms with Gasteiger partial charge in [-0.25, -0.2) is 0 Å². The Morgan fingerprint density at radius 2 is 1.57 bits per heavy atom. The minimum Gasteiger partial charge on any atom is -0.385 e. The van der Waals surface area contributed by atoms with E-state index < -0.39 is 0 Å². The van der Waals surface area contributed by atoms with Crippen LogP contribution < -0.4 is 5.32 Å². The average Bonchev–Trinajstić information content (AvgIpc) is 2.33. The van der Waals surface area contributed by atoms with Crippen molar-refractivity contribution >= 4 is 0 Å². The second kappa shape index (κ2) is 15.4. The number of rotatable bonds is 2. The molecule has 0 aromatic rings. The Morgan fingerprint density at radius 1 is 1.14 bits per heavy atom. The second-order valence-corrected chi connectivity index (χ2v) is 3.18. The van der Waals surface area contributed by atoms with Gasteiger partial charge in [0.15, 0.2) is 0 Å². The van der Waals surface area contributed by atoms with Gasteiger partial charge in [-0.1, -0.05) is 27.2 Å². The molecule has 1 heterocycles. The summed E-state index contributed by atoms with van der Waals surface area (Å²) in [6.45, 7) is 11.6. The highest BCUT2D eigenvalue weighted by Crippen LogP contribution is 2.13. The van der Waals surface area contributed by atoms with Gasteiger partial charge in [-0.05, 0) is 38.8 Å². The third kappa shape index (κ3) is 11.9. The molecule has 0 atom stereocenters. The molecule has 0 aromatic carbocycles. The van der Waals surface area contributed by atoms with E-state index >= 15 is 0 Å². The van der Waals surface area contributed by atoms with E-state index in [1.54, 1.807) is 7.11 Å². The highest BCUT2D eigenvalue weighted by molar-refractivity contribution is 4.66. The molecule has 0 aliphatic carbocycles. The summed E-state index contributed by atoms with van der Waals surface area (Å²) in [7, 11) is 1.68. The zero-order valence-corrected chi connectivity index (χ0v) is 10.7.